The number of cyclic esters (lactones) is 1. The maximum Gasteiger partial charge on any atom is 0.321 e. The van der Waals surface area contributed by atoms with Gasteiger partial charge in [0, 0.05) is 28.8 Å². The average molecular weight is 550 g/mol. The molecule has 4 atom stereocenters. The van der Waals surface area contributed by atoms with Crippen molar-refractivity contribution in [3.05, 3.63) is 58.7 Å². The summed E-state index contributed by atoms with van der Waals surface area (Å²) in [6.45, 7) is 8.47. The minimum atomic E-state index is -1.85. The Bertz CT molecular complexity index is 1500. The molecule has 2 aromatic rings. The van der Waals surface area contributed by atoms with Crippen LogP contribution in [0.15, 0.2) is 42.0 Å². The fourth-order valence-electron chi connectivity index (χ4n) is 5.33. The number of ketones is 1. The van der Waals surface area contributed by atoms with E-state index in [1.165, 1.54) is 25.1 Å². The first kappa shape index (κ1) is 28.9. The molecular weight excluding hydrogens is 514 g/mol. The molecule has 0 aromatic heterocycles. The highest BCUT2D eigenvalue weighted by molar-refractivity contribution is 6.18. The average Bonchev–Trinajstić information content (AvgIpc) is 3.03. The normalized spacial score (nSPS) is 25.1. The van der Waals surface area contributed by atoms with Gasteiger partial charge in [0.2, 0.25) is 5.91 Å². The first-order valence-electron chi connectivity index (χ1n) is 13.3. The largest absolute Gasteiger partial charge is 0.507 e. The van der Waals surface area contributed by atoms with E-state index in [2.05, 4.69) is 5.32 Å². The minimum Gasteiger partial charge on any atom is -0.507 e. The fourth-order valence-corrected chi connectivity index (χ4v) is 5.33. The zero-order valence-corrected chi connectivity index (χ0v) is 23.2. The number of benzene rings is 2. The molecule has 2 aliphatic heterocycles. The molecule has 0 radical (unpaired) electrons. The van der Waals surface area contributed by atoms with Crippen molar-refractivity contribution < 1.29 is 39.5 Å². The Kier molecular flexibility index (Phi) is 7.81. The second-order valence-corrected chi connectivity index (χ2v) is 10.9. The van der Waals surface area contributed by atoms with Crippen LogP contribution in [-0.4, -0.2) is 50.3 Å². The van der Waals surface area contributed by atoms with Gasteiger partial charge in [-0.2, -0.15) is 0 Å². The van der Waals surface area contributed by atoms with Crippen molar-refractivity contribution in [2.75, 3.05) is 5.32 Å². The smallest absolute Gasteiger partial charge is 0.321 e. The number of hydrogen-bond acceptors (Lipinski definition) is 8. The van der Waals surface area contributed by atoms with E-state index < -0.39 is 46.8 Å². The molecule has 2 unspecified atom stereocenters. The number of aliphatic hydroxyl groups excluding tert-OH is 1. The SMILES string of the molecule is CCC1C=C[C@H](O)C(C=C(C)C)OC(=O)[C@@]2(C)C=CC(=O)Nc3c2c(O)c2c(c(O)c(C)cc2c3O)C(=O)CC1. The number of aryl methyl sites for hydroxylation is 1. The molecule has 9 nitrogen and oxygen atoms in total. The van der Waals surface area contributed by atoms with Gasteiger partial charge in [-0.15, -0.1) is 0 Å². The van der Waals surface area contributed by atoms with E-state index in [-0.39, 0.29) is 51.2 Å². The molecule has 4 rings (SSSR count). The molecule has 2 aromatic carbocycles. The molecule has 0 saturated carbocycles. The number of rotatable bonds is 2. The number of phenols is 3. The van der Waals surface area contributed by atoms with Crippen molar-refractivity contribution in [1.82, 2.24) is 0 Å². The first-order chi connectivity index (χ1) is 18.8. The number of carbonyl (C=O) groups excluding carboxylic acids is 3. The van der Waals surface area contributed by atoms with Crippen LogP contribution in [0.4, 0.5) is 5.69 Å². The van der Waals surface area contributed by atoms with E-state index in [1.807, 2.05) is 6.92 Å². The minimum absolute atomic E-state index is 0.00305. The molecule has 40 heavy (non-hydrogen) atoms. The number of nitrogens with one attached hydrogen (secondary N) is 1. The summed E-state index contributed by atoms with van der Waals surface area (Å²) in [6, 6.07) is 1.41. The Balaban J connectivity index is 2.11. The molecule has 0 fully saturated rings. The van der Waals surface area contributed by atoms with Gasteiger partial charge < -0.3 is 30.5 Å². The highest BCUT2D eigenvalue weighted by atomic mass is 16.6. The quantitative estimate of drug-likeness (QED) is 0.155. The maximum absolute atomic E-state index is 13.9. The third-order valence-electron chi connectivity index (χ3n) is 7.67. The van der Waals surface area contributed by atoms with Gasteiger partial charge in [0.25, 0.3) is 0 Å². The lowest BCUT2D eigenvalue weighted by atomic mass is 9.78. The molecular formula is C31H35NO8. The van der Waals surface area contributed by atoms with Crippen LogP contribution in [0.25, 0.3) is 10.8 Å². The van der Waals surface area contributed by atoms with Crippen LogP contribution in [-0.2, 0) is 19.7 Å². The number of Topliss-reactive ketones (excluding diaryl/α,β-unsaturated/α-hetero) is 1. The van der Waals surface area contributed by atoms with Gasteiger partial charge in [-0.3, -0.25) is 14.4 Å². The summed E-state index contributed by atoms with van der Waals surface area (Å²) in [4.78, 5) is 40.1. The lowest BCUT2D eigenvalue weighted by molar-refractivity contribution is -0.154. The number of ether oxygens (including phenoxy) is 1. The van der Waals surface area contributed by atoms with Gasteiger partial charge in [0.1, 0.15) is 34.9 Å². The number of amides is 1. The van der Waals surface area contributed by atoms with Gasteiger partial charge in [0.05, 0.1) is 11.3 Å². The molecule has 212 valence electrons. The summed E-state index contributed by atoms with van der Waals surface area (Å²) in [7, 11) is 0. The van der Waals surface area contributed by atoms with Crippen molar-refractivity contribution in [2.24, 2.45) is 5.92 Å². The highest BCUT2D eigenvalue weighted by Gasteiger charge is 2.44. The Morgan fingerprint density at radius 2 is 1.82 bits per heavy atom. The maximum atomic E-state index is 13.9. The summed E-state index contributed by atoms with van der Waals surface area (Å²) in [5, 5.41) is 47.6. The number of anilines is 1. The van der Waals surface area contributed by atoms with E-state index in [9.17, 15) is 34.8 Å². The topological polar surface area (TPSA) is 153 Å². The van der Waals surface area contributed by atoms with Crippen LogP contribution < -0.4 is 5.32 Å². The second-order valence-electron chi connectivity index (χ2n) is 10.9. The first-order valence-corrected chi connectivity index (χ1v) is 13.3. The summed E-state index contributed by atoms with van der Waals surface area (Å²) in [5.74, 6) is -3.55. The summed E-state index contributed by atoms with van der Waals surface area (Å²) < 4.78 is 5.81. The van der Waals surface area contributed by atoms with Crippen molar-refractivity contribution in [3.8, 4) is 17.2 Å². The van der Waals surface area contributed by atoms with E-state index in [1.54, 1.807) is 32.9 Å². The van der Waals surface area contributed by atoms with Crippen LogP contribution >= 0.6 is 0 Å². The van der Waals surface area contributed by atoms with Gasteiger partial charge in [-0.25, -0.2) is 0 Å². The molecule has 9 heteroatoms. The number of aliphatic hydroxyl groups is 1. The predicted molar refractivity (Wildman–Crippen MR) is 151 cm³/mol. The fraction of sp³-hybridized carbons (Fsp3) is 0.387. The van der Waals surface area contributed by atoms with E-state index in [0.717, 1.165) is 11.6 Å². The number of esters is 1. The Morgan fingerprint density at radius 1 is 1.12 bits per heavy atom. The molecule has 2 bridgehead atoms. The summed E-state index contributed by atoms with van der Waals surface area (Å²) in [6.07, 6.45) is 5.96. The van der Waals surface area contributed by atoms with E-state index in [0.29, 0.717) is 12.8 Å². The molecule has 5 N–H and O–H groups in total. The van der Waals surface area contributed by atoms with Crippen LogP contribution in [0.5, 0.6) is 17.2 Å². The lowest BCUT2D eigenvalue weighted by Gasteiger charge is -2.30. The zero-order valence-electron chi connectivity index (χ0n) is 23.2. The van der Waals surface area contributed by atoms with Crippen molar-refractivity contribution in [1.29, 1.82) is 0 Å². The van der Waals surface area contributed by atoms with E-state index >= 15 is 0 Å². The molecule has 0 saturated heterocycles. The van der Waals surface area contributed by atoms with Gasteiger partial charge in [-0.1, -0.05) is 30.7 Å². The van der Waals surface area contributed by atoms with E-state index in [4.69, 9.17) is 4.74 Å². The number of allylic oxidation sites excluding steroid dienone is 2. The third kappa shape index (κ3) is 4.97. The van der Waals surface area contributed by atoms with Gasteiger partial charge in [-0.05, 0) is 64.2 Å². The molecule has 1 amide bonds. The molecule has 2 heterocycles. The van der Waals surface area contributed by atoms with Crippen LogP contribution in [0.2, 0.25) is 0 Å². The monoisotopic (exact) mass is 549 g/mol. The molecule has 0 spiro atoms. The van der Waals surface area contributed by atoms with Crippen molar-refractivity contribution in [3.63, 3.8) is 0 Å². The number of aromatic hydroxyl groups is 3. The Hall–Kier alpha value is -4.11. The summed E-state index contributed by atoms with van der Waals surface area (Å²) >= 11 is 0. The van der Waals surface area contributed by atoms with Crippen LogP contribution in [0.3, 0.4) is 0 Å². The zero-order chi connectivity index (χ0) is 29.5. The Labute approximate surface area is 232 Å². The van der Waals surface area contributed by atoms with Crippen LogP contribution in [0, 0.1) is 12.8 Å². The van der Waals surface area contributed by atoms with Gasteiger partial charge in [0.15, 0.2) is 5.78 Å². The van der Waals surface area contributed by atoms with Gasteiger partial charge >= 0.3 is 5.97 Å². The molecule has 2 aliphatic rings. The number of phenolic OH excluding ortho intramolecular Hbond substituents is 3. The van der Waals surface area contributed by atoms with Crippen molar-refractivity contribution in [2.45, 2.75) is 71.5 Å². The molecule has 0 aliphatic carbocycles. The number of carbonyl (C=O) groups is 3. The predicted octanol–water partition coefficient (Wildman–Crippen LogP) is 4.83. The third-order valence-corrected chi connectivity index (χ3v) is 7.67. The number of hydrogen-bond donors (Lipinski definition) is 5. The summed E-state index contributed by atoms with van der Waals surface area (Å²) in [5.41, 5.74) is -1.41. The lowest BCUT2D eigenvalue weighted by Crippen LogP contribution is -2.38. The van der Waals surface area contributed by atoms with Crippen LogP contribution in [0.1, 0.15) is 68.4 Å². The Morgan fingerprint density at radius 3 is 2.48 bits per heavy atom. The standard InChI is InChI=1S/C31H35NO8/c1-6-17-7-9-19(33)21(13-15(2)3)40-30(39)31(5)12-11-22(35)32-26-25(31)29(38)23-18(28(26)37)14-16(4)27(36)24(23)20(34)10-8-17/h7,9,11-14,17,19,21,33,36-38H,6,8,10H2,1-5H3,(H,32,35)/t17?,19-,21?,31-/m0/s1. The highest BCUT2D eigenvalue weighted by Crippen LogP contribution is 2.53. The second kappa shape index (κ2) is 10.8. The van der Waals surface area contributed by atoms with Crippen molar-refractivity contribution >= 4 is 34.1 Å².